The second kappa shape index (κ2) is 8.44. The van der Waals surface area contributed by atoms with E-state index in [4.69, 9.17) is 0 Å². The fraction of sp³-hybridized carbons (Fsp3) is 0. The van der Waals surface area contributed by atoms with E-state index in [1.807, 2.05) is 0 Å². The molecule has 2 aromatic heterocycles. The molecule has 0 spiro atoms. The van der Waals surface area contributed by atoms with Crippen molar-refractivity contribution in [1.82, 2.24) is 4.40 Å². The molecule has 0 amide bonds. The molecule has 0 atom stereocenters. The van der Waals surface area contributed by atoms with E-state index < -0.39 is 0 Å². The summed E-state index contributed by atoms with van der Waals surface area (Å²) < 4.78 is 3.74. The summed E-state index contributed by atoms with van der Waals surface area (Å²) in [4.78, 5) is 0. The van der Waals surface area contributed by atoms with Gasteiger partial charge in [0.05, 0.1) is 16.6 Å². The Bertz CT molecular complexity index is 2200. The molecule has 0 N–H and O–H groups in total. The lowest BCUT2D eigenvalue weighted by Gasteiger charge is -2.12. The molecule has 8 rings (SSSR count). The Morgan fingerprint density at radius 1 is 0.421 bits per heavy atom. The van der Waals surface area contributed by atoms with E-state index in [-0.39, 0.29) is 0 Å². The average Bonchev–Trinajstić information content (AvgIpc) is 3.32. The number of halogens is 1. The van der Waals surface area contributed by atoms with Gasteiger partial charge in [0.1, 0.15) is 0 Å². The molecule has 0 radical (unpaired) electrons. The topological polar surface area (TPSA) is 4.41 Å². The number of fused-ring (bicyclic) bond motifs is 9. The van der Waals surface area contributed by atoms with Gasteiger partial charge in [0.2, 0.25) is 0 Å². The maximum Gasteiger partial charge on any atom is 0.0625 e. The highest BCUT2D eigenvalue weighted by atomic mass is 127. The van der Waals surface area contributed by atoms with Crippen molar-refractivity contribution in [3.63, 3.8) is 0 Å². The second-order valence-corrected chi connectivity index (χ2v) is 11.2. The van der Waals surface area contributed by atoms with Crippen LogP contribution in [0.4, 0.5) is 0 Å². The molecule has 0 saturated carbocycles. The Hall–Kier alpha value is -4.15. The lowest BCUT2D eigenvalue weighted by Crippen LogP contribution is -1.91. The predicted molar refractivity (Wildman–Crippen MR) is 171 cm³/mol. The largest absolute Gasteiger partial charge is 0.308 e. The zero-order valence-corrected chi connectivity index (χ0v) is 22.7. The van der Waals surface area contributed by atoms with E-state index in [0.717, 1.165) is 0 Å². The van der Waals surface area contributed by atoms with Crippen molar-refractivity contribution in [2.45, 2.75) is 0 Å². The number of aromatic nitrogens is 1. The van der Waals surface area contributed by atoms with Crippen molar-refractivity contribution in [3.05, 3.63) is 137 Å². The minimum atomic E-state index is 1.23. The van der Waals surface area contributed by atoms with Gasteiger partial charge in [-0.15, -0.1) is 0 Å². The van der Waals surface area contributed by atoms with Gasteiger partial charge in [-0.3, -0.25) is 0 Å². The number of hydrogen-bond acceptors (Lipinski definition) is 0. The Morgan fingerprint density at radius 2 is 1.13 bits per heavy atom. The van der Waals surface area contributed by atoms with Crippen LogP contribution in [0.5, 0.6) is 0 Å². The van der Waals surface area contributed by atoms with Crippen LogP contribution in [-0.2, 0) is 0 Å². The Morgan fingerprint density at radius 3 is 2.00 bits per heavy atom. The van der Waals surface area contributed by atoms with Crippen LogP contribution in [0.15, 0.2) is 133 Å². The molecule has 2 heteroatoms. The maximum absolute atomic E-state index is 2.49. The van der Waals surface area contributed by atoms with Gasteiger partial charge in [0.25, 0.3) is 0 Å². The fourth-order valence-corrected chi connectivity index (χ4v) is 6.64. The van der Waals surface area contributed by atoms with E-state index in [1.54, 1.807) is 0 Å². The zero-order valence-electron chi connectivity index (χ0n) is 20.5. The van der Waals surface area contributed by atoms with Gasteiger partial charge in [-0.1, -0.05) is 103 Å². The second-order valence-electron chi connectivity index (χ2n) is 9.93. The van der Waals surface area contributed by atoms with Crippen molar-refractivity contribution in [1.29, 1.82) is 0 Å². The van der Waals surface area contributed by atoms with Gasteiger partial charge in [-0.2, -0.15) is 0 Å². The summed E-state index contributed by atoms with van der Waals surface area (Å²) in [7, 11) is 0. The Balaban J connectivity index is 1.59. The van der Waals surface area contributed by atoms with Gasteiger partial charge < -0.3 is 4.40 Å². The number of rotatable bonds is 2. The first-order valence-electron chi connectivity index (χ1n) is 12.9. The number of benzene rings is 6. The van der Waals surface area contributed by atoms with Gasteiger partial charge in [-0.25, -0.2) is 0 Å². The summed E-state index contributed by atoms with van der Waals surface area (Å²) in [6, 6.07) is 48.9. The lowest BCUT2D eigenvalue weighted by atomic mass is 9.96. The molecule has 1 nitrogen and oxygen atoms in total. The van der Waals surface area contributed by atoms with Crippen LogP contribution < -0.4 is 0 Å². The smallest absolute Gasteiger partial charge is 0.0625 e. The number of para-hydroxylation sites is 1. The minimum absolute atomic E-state index is 1.23. The first kappa shape index (κ1) is 21.9. The lowest BCUT2D eigenvalue weighted by molar-refractivity contribution is 1.35. The maximum atomic E-state index is 2.49. The first-order valence-corrected chi connectivity index (χ1v) is 14.0. The number of pyridine rings is 1. The highest BCUT2D eigenvalue weighted by molar-refractivity contribution is 14.1. The standard InChI is InChI=1S/C36H22IN/c37-28-11-7-10-25(21-28)26-18-19-32-34(22-26)38-33-15-6-5-13-30(33)29-12-3-4-14-31(29)36(38)35(32)27-17-16-23-8-1-2-9-24(23)20-27/h1-22H. The van der Waals surface area contributed by atoms with Crippen LogP contribution in [0.1, 0.15) is 0 Å². The van der Waals surface area contributed by atoms with E-state index in [9.17, 15) is 0 Å². The van der Waals surface area contributed by atoms with Crippen LogP contribution in [0.3, 0.4) is 0 Å². The zero-order chi connectivity index (χ0) is 25.2. The first-order chi connectivity index (χ1) is 18.8. The van der Waals surface area contributed by atoms with Crippen LogP contribution >= 0.6 is 22.6 Å². The molecular weight excluding hydrogens is 573 g/mol. The highest BCUT2D eigenvalue weighted by Gasteiger charge is 2.20. The SMILES string of the molecule is Ic1cccc(-c2ccc3c(-c4ccc5ccccc5c4)c4c5ccccc5c5ccccc5n4c3c2)c1. The molecule has 8 aromatic rings. The van der Waals surface area contributed by atoms with Crippen molar-refractivity contribution in [2.24, 2.45) is 0 Å². The van der Waals surface area contributed by atoms with Gasteiger partial charge in [0, 0.05) is 25.3 Å². The molecule has 2 heterocycles. The van der Waals surface area contributed by atoms with Gasteiger partial charge in [-0.05, 0) is 85.8 Å². The third-order valence-electron chi connectivity index (χ3n) is 7.78. The van der Waals surface area contributed by atoms with E-state index in [2.05, 4.69) is 160 Å². The minimum Gasteiger partial charge on any atom is -0.308 e. The molecule has 6 aromatic carbocycles. The van der Waals surface area contributed by atoms with E-state index in [1.165, 1.54) is 74.7 Å². The summed E-state index contributed by atoms with van der Waals surface area (Å²) in [5.74, 6) is 0. The van der Waals surface area contributed by atoms with Gasteiger partial charge >= 0.3 is 0 Å². The number of nitrogens with zero attached hydrogens (tertiary/aromatic N) is 1. The quantitative estimate of drug-likeness (QED) is 0.138. The molecule has 0 bridgehead atoms. The summed E-state index contributed by atoms with van der Waals surface area (Å²) in [6.07, 6.45) is 0. The molecule has 38 heavy (non-hydrogen) atoms. The van der Waals surface area contributed by atoms with Crippen LogP contribution in [0, 0.1) is 3.57 Å². The summed E-state index contributed by atoms with van der Waals surface area (Å²) in [6.45, 7) is 0. The summed E-state index contributed by atoms with van der Waals surface area (Å²) >= 11 is 2.40. The van der Waals surface area contributed by atoms with Crippen LogP contribution in [0.2, 0.25) is 0 Å². The van der Waals surface area contributed by atoms with Crippen LogP contribution in [-0.4, -0.2) is 4.40 Å². The Labute approximate surface area is 234 Å². The molecule has 0 saturated heterocycles. The Kier molecular flexibility index (Phi) is 4.86. The molecule has 178 valence electrons. The van der Waals surface area contributed by atoms with E-state index in [0.29, 0.717) is 0 Å². The fourth-order valence-electron chi connectivity index (χ4n) is 6.10. The third kappa shape index (κ3) is 3.23. The number of hydrogen-bond donors (Lipinski definition) is 0. The summed E-state index contributed by atoms with van der Waals surface area (Å²) in [5, 5.41) is 7.64. The van der Waals surface area contributed by atoms with Gasteiger partial charge in [0.15, 0.2) is 0 Å². The average molecular weight is 595 g/mol. The molecule has 0 aliphatic rings. The van der Waals surface area contributed by atoms with Crippen molar-refractivity contribution in [3.8, 4) is 22.3 Å². The summed E-state index contributed by atoms with van der Waals surface area (Å²) in [5.41, 5.74) is 8.76. The molecule has 0 aliphatic carbocycles. The molecule has 0 unspecified atom stereocenters. The third-order valence-corrected chi connectivity index (χ3v) is 8.45. The van der Waals surface area contributed by atoms with Crippen molar-refractivity contribution < 1.29 is 0 Å². The predicted octanol–water partition coefficient (Wildman–Crippen LogP) is 10.5. The highest BCUT2D eigenvalue weighted by Crippen LogP contribution is 2.43. The molecule has 0 aliphatic heterocycles. The van der Waals surface area contributed by atoms with Crippen LogP contribution in [0.25, 0.3) is 71.1 Å². The molecular formula is C36H22IN. The normalized spacial score (nSPS) is 11.8. The monoisotopic (exact) mass is 595 g/mol. The molecule has 0 fully saturated rings. The van der Waals surface area contributed by atoms with Crippen molar-refractivity contribution in [2.75, 3.05) is 0 Å². The van der Waals surface area contributed by atoms with E-state index >= 15 is 0 Å². The van der Waals surface area contributed by atoms with Crippen molar-refractivity contribution >= 4 is 71.5 Å².